The van der Waals surface area contributed by atoms with E-state index in [4.69, 9.17) is 4.74 Å². The molecule has 3 fully saturated rings. The van der Waals surface area contributed by atoms with Gasteiger partial charge >= 0.3 is 6.09 Å². The standard InChI is InChI=1S/C23H35N3O3/c27-23(28)26-15-12-20(16-26)25-13-10-19(11-14-25)24-21-8-4-5-9-22(21)29-17-18-6-2-1-3-7-18/h1-3,6-7,19-22,24H,4-5,8-17H2,(H,27,28)/t20-,21?,22?/m0/s1. The number of piperidine rings is 1. The largest absolute Gasteiger partial charge is 0.465 e. The van der Waals surface area contributed by atoms with Crippen molar-refractivity contribution >= 4 is 6.09 Å². The number of nitrogens with one attached hydrogen (secondary N) is 1. The predicted octanol–water partition coefficient (Wildman–Crippen LogP) is 3.32. The highest BCUT2D eigenvalue weighted by Crippen LogP contribution is 2.25. The molecule has 2 heterocycles. The number of likely N-dealkylation sites (tertiary alicyclic amines) is 2. The van der Waals surface area contributed by atoms with Crippen LogP contribution < -0.4 is 5.32 Å². The highest BCUT2D eigenvalue weighted by atomic mass is 16.5. The Kier molecular flexibility index (Phi) is 7.06. The van der Waals surface area contributed by atoms with Gasteiger partial charge in [-0.3, -0.25) is 4.90 Å². The number of ether oxygens (including phenoxy) is 1. The van der Waals surface area contributed by atoms with Crippen molar-refractivity contribution in [2.24, 2.45) is 0 Å². The molecular weight excluding hydrogens is 366 g/mol. The molecule has 0 spiro atoms. The zero-order valence-electron chi connectivity index (χ0n) is 17.3. The van der Waals surface area contributed by atoms with E-state index in [1.165, 1.54) is 24.8 Å². The molecule has 3 aliphatic rings. The lowest BCUT2D eigenvalue weighted by Crippen LogP contribution is -2.53. The fourth-order valence-corrected chi connectivity index (χ4v) is 5.21. The molecule has 0 bridgehead atoms. The van der Waals surface area contributed by atoms with Crippen molar-refractivity contribution < 1.29 is 14.6 Å². The smallest absolute Gasteiger partial charge is 0.407 e. The molecule has 2 aliphatic heterocycles. The van der Waals surface area contributed by atoms with Gasteiger partial charge in [-0.1, -0.05) is 43.2 Å². The molecule has 0 aromatic heterocycles. The van der Waals surface area contributed by atoms with Gasteiger partial charge in [0.25, 0.3) is 0 Å². The van der Waals surface area contributed by atoms with E-state index in [-0.39, 0.29) is 0 Å². The minimum absolute atomic E-state index is 0.306. The highest BCUT2D eigenvalue weighted by Gasteiger charge is 2.34. The third kappa shape index (κ3) is 5.50. The first kappa shape index (κ1) is 20.6. The molecule has 160 valence electrons. The first-order valence-corrected chi connectivity index (χ1v) is 11.3. The van der Waals surface area contributed by atoms with Crippen LogP contribution in [0.25, 0.3) is 0 Å². The molecule has 2 saturated heterocycles. The van der Waals surface area contributed by atoms with Gasteiger partial charge in [0.2, 0.25) is 0 Å². The van der Waals surface area contributed by atoms with Crippen molar-refractivity contribution in [3.8, 4) is 0 Å². The average molecular weight is 402 g/mol. The molecule has 1 amide bonds. The summed E-state index contributed by atoms with van der Waals surface area (Å²) < 4.78 is 6.33. The van der Waals surface area contributed by atoms with Gasteiger partial charge in [-0.05, 0) is 50.8 Å². The van der Waals surface area contributed by atoms with E-state index in [1.54, 1.807) is 4.90 Å². The van der Waals surface area contributed by atoms with Crippen molar-refractivity contribution in [3.05, 3.63) is 35.9 Å². The number of hydrogen-bond donors (Lipinski definition) is 2. The normalized spacial score (nSPS) is 29.2. The molecule has 6 heteroatoms. The van der Waals surface area contributed by atoms with E-state index in [0.717, 1.165) is 38.8 Å². The van der Waals surface area contributed by atoms with E-state index in [9.17, 15) is 9.90 Å². The number of nitrogens with zero attached hydrogens (tertiary/aromatic N) is 2. The summed E-state index contributed by atoms with van der Waals surface area (Å²) in [5.41, 5.74) is 1.25. The first-order chi connectivity index (χ1) is 14.2. The van der Waals surface area contributed by atoms with Gasteiger partial charge in [0.05, 0.1) is 12.7 Å². The Morgan fingerprint density at radius 1 is 1.03 bits per heavy atom. The fourth-order valence-electron chi connectivity index (χ4n) is 5.21. The summed E-state index contributed by atoms with van der Waals surface area (Å²) in [4.78, 5) is 15.2. The van der Waals surface area contributed by atoms with Crippen molar-refractivity contribution in [2.75, 3.05) is 26.2 Å². The van der Waals surface area contributed by atoms with Crippen molar-refractivity contribution in [3.63, 3.8) is 0 Å². The molecule has 6 nitrogen and oxygen atoms in total. The Bertz CT molecular complexity index is 648. The number of benzene rings is 1. The minimum Gasteiger partial charge on any atom is -0.465 e. The Labute approximate surface area is 174 Å². The predicted molar refractivity (Wildman–Crippen MR) is 113 cm³/mol. The van der Waals surface area contributed by atoms with Gasteiger partial charge in [-0.15, -0.1) is 0 Å². The third-order valence-corrected chi connectivity index (χ3v) is 6.94. The van der Waals surface area contributed by atoms with Gasteiger partial charge in [-0.2, -0.15) is 0 Å². The molecule has 3 atom stereocenters. The molecule has 1 saturated carbocycles. The van der Waals surface area contributed by atoms with Crippen molar-refractivity contribution in [1.29, 1.82) is 0 Å². The molecular formula is C23H35N3O3. The van der Waals surface area contributed by atoms with E-state index in [0.29, 0.717) is 43.9 Å². The molecule has 29 heavy (non-hydrogen) atoms. The van der Waals surface area contributed by atoms with Crippen LogP contribution >= 0.6 is 0 Å². The summed E-state index contributed by atoms with van der Waals surface area (Å²) in [5, 5.41) is 13.1. The Morgan fingerprint density at radius 2 is 1.79 bits per heavy atom. The summed E-state index contributed by atoms with van der Waals surface area (Å²) in [6.45, 7) is 4.19. The van der Waals surface area contributed by atoms with Crippen LogP contribution in [0.4, 0.5) is 4.79 Å². The van der Waals surface area contributed by atoms with Crippen LogP contribution in [0.1, 0.15) is 50.5 Å². The van der Waals surface area contributed by atoms with Gasteiger partial charge < -0.3 is 20.1 Å². The Balaban J connectivity index is 1.23. The number of hydrogen-bond acceptors (Lipinski definition) is 4. The van der Waals surface area contributed by atoms with Crippen LogP contribution in [0.2, 0.25) is 0 Å². The molecule has 4 rings (SSSR count). The molecule has 2 N–H and O–H groups in total. The van der Waals surface area contributed by atoms with Crippen molar-refractivity contribution in [2.45, 2.75) is 75.8 Å². The molecule has 1 aromatic rings. The molecule has 2 unspecified atom stereocenters. The summed E-state index contributed by atoms with van der Waals surface area (Å²) in [5.74, 6) is 0. The topological polar surface area (TPSA) is 65.0 Å². The number of amides is 1. The van der Waals surface area contributed by atoms with E-state index in [2.05, 4.69) is 34.5 Å². The second-order valence-corrected chi connectivity index (χ2v) is 8.87. The summed E-state index contributed by atoms with van der Waals surface area (Å²) in [6.07, 6.45) is 7.70. The van der Waals surface area contributed by atoms with Gasteiger partial charge in [-0.25, -0.2) is 4.79 Å². The zero-order valence-corrected chi connectivity index (χ0v) is 17.3. The lowest BCUT2D eigenvalue weighted by molar-refractivity contribution is -0.0111. The second-order valence-electron chi connectivity index (χ2n) is 8.87. The molecule has 1 aliphatic carbocycles. The van der Waals surface area contributed by atoms with Crippen LogP contribution in [0, 0.1) is 0 Å². The lowest BCUT2D eigenvalue weighted by Gasteiger charge is -2.40. The van der Waals surface area contributed by atoms with Gasteiger partial charge in [0.1, 0.15) is 0 Å². The Hall–Kier alpha value is -1.63. The maximum Gasteiger partial charge on any atom is 0.407 e. The average Bonchev–Trinajstić information content (AvgIpc) is 3.25. The maximum absolute atomic E-state index is 11.2. The highest BCUT2D eigenvalue weighted by molar-refractivity contribution is 5.65. The quantitative estimate of drug-likeness (QED) is 0.766. The maximum atomic E-state index is 11.2. The minimum atomic E-state index is -0.775. The fraction of sp³-hybridized carbons (Fsp3) is 0.696. The number of carboxylic acid groups (broad SMARTS) is 1. The summed E-state index contributed by atoms with van der Waals surface area (Å²) in [6, 6.07) is 11.9. The van der Waals surface area contributed by atoms with Crippen molar-refractivity contribution in [1.82, 2.24) is 15.1 Å². The monoisotopic (exact) mass is 401 g/mol. The van der Waals surface area contributed by atoms with Gasteiger partial charge in [0, 0.05) is 31.2 Å². The van der Waals surface area contributed by atoms with Crippen LogP contribution in [-0.4, -0.2) is 71.4 Å². The molecule has 0 radical (unpaired) electrons. The van der Waals surface area contributed by atoms with E-state index in [1.807, 2.05) is 6.07 Å². The Morgan fingerprint density at radius 3 is 2.52 bits per heavy atom. The van der Waals surface area contributed by atoms with Crippen LogP contribution in [0.5, 0.6) is 0 Å². The molecule has 1 aromatic carbocycles. The number of rotatable bonds is 6. The lowest BCUT2D eigenvalue weighted by atomic mass is 9.90. The third-order valence-electron chi connectivity index (χ3n) is 6.94. The van der Waals surface area contributed by atoms with Crippen LogP contribution in [0.15, 0.2) is 30.3 Å². The SMILES string of the molecule is O=C(O)N1CC[C@H](N2CCC(NC3CCCCC3OCc3ccccc3)CC2)C1. The summed E-state index contributed by atoms with van der Waals surface area (Å²) >= 11 is 0. The zero-order chi connectivity index (χ0) is 20.1. The summed E-state index contributed by atoms with van der Waals surface area (Å²) in [7, 11) is 0. The first-order valence-electron chi connectivity index (χ1n) is 11.3. The van der Waals surface area contributed by atoms with Gasteiger partial charge in [0.15, 0.2) is 0 Å². The number of carbonyl (C=O) groups is 1. The van der Waals surface area contributed by atoms with E-state index >= 15 is 0 Å². The van der Waals surface area contributed by atoms with Crippen LogP contribution in [0.3, 0.4) is 0 Å². The van der Waals surface area contributed by atoms with E-state index < -0.39 is 6.09 Å². The second kappa shape index (κ2) is 9.92. The van der Waals surface area contributed by atoms with Crippen LogP contribution in [-0.2, 0) is 11.3 Å².